The van der Waals surface area contributed by atoms with Gasteiger partial charge >= 0.3 is 29.7 Å². The fraction of sp³-hybridized carbons (Fsp3) is 0.536. The lowest BCUT2D eigenvalue weighted by Gasteiger charge is -2.28. The highest BCUT2D eigenvalue weighted by molar-refractivity contribution is 6.75. The van der Waals surface area contributed by atoms with Gasteiger partial charge in [-0.2, -0.15) is 0 Å². The van der Waals surface area contributed by atoms with Crippen LogP contribution >= 0.6 is 0 Å². The second-order valence-electron chi connectivity index (χ2n) is 9.29. The molecule has 1 aromatic heterocycles. The molecule has 0 unspecified atom stereocenters. The highest BCUT2D eigenvalue weighted by atomic mass is 28.4. The molecule has 2 rings (SSSR count). The molecule has 0 saturated carbocycles. The van der Waals surface area contributed by atoms with Crippen LogP contribution in [-0.2, 0) is 33.6 Å². The molecule has 4 amide bonds. The number of nitrogens with zero attached hydrogens (tertiary/aromatic N) is 2. The van der Waals surface area contributed by atoms with E-state index in [9.17, 15) is 9.59 Å². The van der Waals surface area contributed by atoms with Crippen LogP contribution in [0.5, 0.6) is 0 Å². The van der Waals surface area contributed by atoms with Gasteiger partial charge in [0.25, 0.3) is 0 Å². The minimum atomic E-state index is -2.80. The van der Waals surface area contributed by atoms with Crippen molar-refractivity contribution in [3.8, 4) is 0 Å². The molecule has 2 aromatic rings. The maximum atomic E-state index is 11.9. The van der Waals surface area contributed by atoms with Crippen molar-refractivity contribution in [3.05, 3.63) is 48.8 Å². The first-order valence-electron chi connectivity index (χ1n) is 14.2. The topological polar surface area (TPSA) is 133 Å². The summed E-state index contributed by atoms with van der Waals surface area (Å²) in [5, 5.41) is 9.23. The minimum absolute atomic E-state index is 0.179. The van der Waals surface area contributed by atoms with Crippen molar-refractivity contribution in [2.45, 2.75) is 33.2 Å². The largest absolute Gasteiger partial charge is 0.536 e. The number of benzene rings is 1. The van der Waals surface area contributed by atoms with Crippen LogP contribution in [0.3, 0.4) is 0 Å². The van der Waals surface area contributed by atoms with E-state index < -0.39 is 17.6 Å². The van der Waals surface area contributed by atoms with Gasteiger partial charge in [-0.25, -0.2) is 14.2 Å². The zero-order valence-electron chi connectivity index (χ0n) is 27.0. The normalized spacial score (nSPS) is 11.3. The molecule has 43 heavy (non-hydrogen) atoms. The lowest BCUT2D eigenvalue weighted by atomic mass is 10.3. The van der Waals surface area contributed by atoms with E-state index in [1.54, 1.807) is 47.6 Å². The molecule has 0 aliphatic carbocycles. The zero-order chi connectivity index (χ0) is 32.3. The molecule has 0 radical (unpaired) electrons. The number of aromatic nitrogens is 1. The number of anilines is 2. The highest BCUT2D eigenvalue weighted by Crippen LogP contribution is 2.18. The molecule has 0 saturated heterocycles. The molecule has 3 N–H and O–H groups in total. The van der Waals surface area contributed by atoms with Gasteiger partial charge < -0.3 is 47.4 Å². The SMILES string of the molecule is CCO[Si](CCCNC(=O)Nc1cc[n+](C)cc1)(OCC)OCC.CO[Si](OC)(OC)c1ccc(NC(=O)N(C)C)cc1. The fourth-order valence-corrected chi connectivity index (χ4v) is 8.26. The summed E-state index contributed by atoms with van der Waals surface area (Å²) in [5.41, 5.74) is 1.46. The van der Waals surface area contributed by atoms with Crippen LogP contribution in [0.1, 0.15) is 27.2 Å². The van der Waals surface area contributed by atoms with Crippen molar-refractivity contribution < 1.29 is 40.7 Å². The standard InChI is InChI=1S/C16H29N3O4Si.C12H20N2O4Si/c1-5-21-24(22-6-2,23-7-3)14-8-11-17-16(20)18-15-9-12-19(4)13-10-15;1-14(2)12(15)13-10-6-8-11(9-7-10)19(16-3,17-4)18-5/h9-10,12-13H,5-8,11,14H2,1-4H3,(H,17,20);6-9H,1-5H3,(H,13,15)/p+1. The lowest BCUT2D eigenvalue weighted by Crippen LogP contribution is -2.54. The van der Waals surface area contributed by atoms with E-state index in [4.69, 9.17) is 26.6 Å². The molecule has 1 aromatic carbocycles. The van der Waals surface area contributed by atoms with Gasteiger partial charge in [-0.05, 0) is 39.3 Å². The number of pyridine rings is 1. The first-order valence-corrected chi connectivity index (χ1v) is 17.9. The van der Waals surface area contributed by atoms with Gasteiger partial charge in [0.05, 0.1) is 5.69 Å². The molecule has 1 heterocycles. The van der Waals surface area contributed by atoms with Crippen molar-refractivity contribution >= 4 is 46.2 Å². The van der Waals surface area contributed by atoms with Crippen molar-refractivity contribution in [2.75, 3.05) is 72.4 Å². The number of carbonyl (C=O) groups excluding carboxylic acids is 2. The summed E-state index contributed by atoms with van der Waals surface area (Å²) in [4.78, 5) is 24.9. The van der Waals surface area contributed by atoms with Crippen molar-refractivity contribution in [1.82, 2.24) is 10.2 Å². The monoisotopic (exact) mass is 640 g/mol. The van der Waals surface area contributed by atoms with E-state index >= 15 is 0 Å². The molecule has 0 aliphatic rings. The predicted octanol–water partition coefficient (Wildman–Crippen LogP) is 2.94. The highest BCUT2D eigenvalue weighted by Gasteiger charge is 2.41. The quantitative estimate of drug-likeness (QED) is 0.145. The average Bonchev–Trinajstić information content (AvgIpc) is 2.99. The van der Waals surface area contributed by atoms with Gasteiger partial charge in [-0.3, -0.25) is 0 Å². The van der Waals surface area contributed by atoms with Crippen molar-refractivity contribution in [3.63, 3.8) is 0 Å². The maximum absolute atomic E-state index is 11.9. The second-order valence-corrected chi connectivity index (χ2v) is 14.9. The van der Waals surface area contributed by atoms with Gasteiger partial charge in [-0.1, -0.05) is 12.1 Å². The molecular weight excluding hydrogens is 591 g/mol. The van der Waals surface area contributed by atoms with Crippen LogP contribution in [-0.4, -0.2) is 96.4 Å². The first-order chi connectivity index (χ1) is 20.5. The number of carbonyl (C=O) groups is 2. The Hall–Kier alpha value is -2.90. The minimum Gasteiger partial charge on any atom is -0.374 e. The third-order valence-corrected chi connectivity index (χ3v) is 11.8. The summed E-state index contributed by atoms with van der Waals surface area (Å²) in [6, 6.07) is 11.2. The third kappa shape index (κ3) is 13.1. The Kier molecular flexibility index (Phi) is 17.9. The van der Waals surface area contributed by atoms with Gasteiger partial charge in [0.2, 0.25) is 0 Å². The number of hydrogen-bond donors (Lipinski definition) is 3. The van der Waals surface area contributed by atoms with Gasteiger partial charge in [0.1, 0.15) is 7.05 Å². The molecule has 0 fully saturated rings. The molecule has 0 atom stereocenters. The first kappa shape index (κ1) is 38.1. The summed E-state index contributed by atoms with van der Waals surface area (Å²) in [6.07, 6.45) is 4.49. The van der Waals surface area contributed by atoms with Crippen LogP contribution in [0.2, 0.25) is 6.04 Å². The Morgan fingerprint density at radius 2 is 1.28 bits per heavy atom. The number of nitrogens with one attached hydrogen (secondary N) is 3. The summed E-state index contributed by atoms with van der Waals surface area (Å²) >= 11 is 0. The number of rotatable bonds is 16. The van der Waals surface area contributed by atoms with Crippen LogP contribution < -0.4 is 25.7 Å². The number of hydrogen-bond acceptors (Lipinski definition) is 8. The second kappa shape index (κ2) is 20.1. The van der Waals surface area contributed by atoms with E-state index in [1.807, 2.05) is 69.0 Å². The van der Waals surface area contributed by atoms with E-state index in [0.29, 0.717) is 38.1 Å². The predicted molar refractivity (Wildman–Crippen MR) is 170 cm³/mol. The van der Waals surface area contributed by atoms with Crippen LogP contribution in [0.25, 0.3) is 0 Å². The Morgan fingerprint density at radius 3 is 1.72 bits per heavy atom. The number of amides is 4. The van der Waals surface area contributed by atoms with E-state index in [0.717, 1.165) is 17.3 Å². The molecule has 0 aliphatic heterocycles. The van der Waals surface area contributed by atoms with E-state index in [1.165, 1.54) is 4.90 Å². The molecule has 13 nitrogen and oxygen atoms in total. The van der Waals surface area contributed by atoms with Gasteiger partial charge in [0, 0.05) is 90.8 Å². The third-order valence-electron chi connectivity index (χ3n) is 5.98. The number of urea groups is 2. The van der Waals surface area contributed by atoms with Crippen LogP contribution in [0.15, 0.2) is 48.8 Å². The fourth-order valence-electron chi connectivity index (χ4n) is 3.86. The molecule has 15 heteroatoms. The summed E-state index contributed by atoms with van der Waals surface area (Å²) in [7, 11) is 4.54. The summed E-state index contributed by atoms with van der Waals surface area (Å²) in [5.74, 6) is 0. The van der Waals surface area contributed by atoms with E-state index in [2.05, 4.69) is 16.0 Å². The zero-order valence-corrected chi connectivity index (χ0v) is 29.0. The van der Waals surface area contributed by atoms with Crippen LogP contribution in [0, 0.1) is 0 Å². The smallest absolute Gasteiger partial charge is 0.374 e. The summed E-state index contributed by atoms with van der Waals surface area (Å²) < 4.78 is 35.4. The van der Waals surface area contributed by atoms with Crippen molar-refractivity contribution in [1.29, 1.82) is 0 Å². The molecule has 242 valence electrons. The average molecular weight is 641 g/mol. The maximum Gasteiger partial charge on any atom is 0.536 e. The van der Waals surface area contributed by atoms with Crippen molar-refractivity contribution in [2.24, 2.45) is 7.05 Å². The van der Waals surface area contributed by atoms with Gasteiger partial charge in [-0.15, -0.1) is 0 Å². The van der Waals surface area contributed by atoms with Gasteiger partial charge in [0.15, 0.2) is 12.4 Å². The Labute approximate surface area is 258 Å². The Balaban J connectivity index is 0.000000442. The molecule has 0 bridgehead atoms. The summed E-state index contributed by atoms with van der Waals surface area (Å²) in [6.45, 7) is 8.03. The van der Waals surface area contributed by atoms with E-state index in [-0.39, 0.29) is 12.1 Å². The number of aryl methyl sites for hydroxylation is 1. The Morgan fingerprint density at radius 1 is 0.791 bits per heavy atom. The Bertz CT molecular complexity index is 1050. The molecular formula is C28H50N5O8Si2+. The lowest BCUT2D eigenvalue weighted by molar-refractivity contribution is -0.671. The van der Waals surface area contributed by atoms with Crippen LogP contribution in [0.4, 0.5) is 21.0 Å². The molecule has 0 spiro atoms.